The number of carbonyl (C=O) groups is 1. The highest BCUT2D eigenvalue weighted by molar-refractivity contribution is 6.68. The molecule has 7 heteroatoms. The van der Waals surface area contributed by atoms with Gasteiger partial charge < -0.3 is 10.6 Å². The van der Waals surface area contributed by atoms with Gasteiger partial charge in [0.25, 0.3) is 0 Å². The summed E-state index contributed by atoms with van der Waals surface area (Å²) in [5.41, 5.74) is 0.137. The molecule has 0 aromatic heterocycles. The van der Waals surface area contributed by atoms with Crippen LogP contribution in [0.25, 0.3) is 0 Å². The van der Waals surface area contributed by atoms with Gasteiger partial charge in [0.15, 0.2) is 0 Å². The number of halogens is 4. The Morgan fingerprint density at radius 2 is 1.94 bits per heavy atom. The zero-order valence-electron chi connectivity index (χ0n) is 8.81. The summed E-state index contributed by atoms with van der Waals surface area (Å²) < 4.78 is 11.6. The van der Waals surface area contributed by atoms with Gasteiger partial charge >= 0.3 is 0 Å². The first-order chi connectivity index (χ1) is 7.80. The molecule has 0 aliphatic heterocycles. The number of hydrogen-bond acceptors (Lipinski definition) is 2. The minimum Gasteiger partial charge on any atom is -0.359 e. The number of benzene rings is 1. The summed E-state index contributed by atoms with van der Waals surface area (Å²) >= 11 is 17.0. The fourth-order valence-corrected chi connectivity index (χ4v) is 1.46. The third-order valence-electron chi connectivity index (χ3n) is 1.85. The zero-order valence-corrected chi connectivity index (χ0v) is 11.1. The van der Waals surface area contributed by atoms with Crippen molar-refractivity contribution in [2.45, 2.75) is 16.9 Å². The number of anilines is 1. The summed E-state index contributed by atoms with van der Waals surface area (Å²) in [5, 5.41) is 5.00. The van der Waals surface area contributed by atoms with Gasteiger partial charge in [-0.1, -0.05) is 46.9 Å². The van der Waals surface area contributed by atoms with Crippen molar-refractivity contribution in [2.75, 3.05) is 5.32 Å². The van der Waals surface area contributed by atoms with Gasteiger partial charge in [-0.15, -0.1) is 0 Å². The lowest BCUT2D eigenvalue weighted by Crippen LogP contribution is -2.48. The predicted molar refractivity (Wildman–Crippen MR) is 67.9 cm³/mol. The molecule has 94 valence electrons. The van der Waals surface area contributed by atoms with Gasteiger partial charge in [0, 0.05) is 6.92 Å². The minimum absolute atomic E-state index is 0.137. The SMILES string of the molecule is CC(=O)NC(Nc1ccccc1F)C(Cl)(Cl)Cl. The van der Waals surface area contributed by atoms with Crippen LogP contribution in [-0.4, -0.2) is 15.9 Å². The first kappa shape index (κ1) is 14.4. The molecular weight excluding hydrogens is 289 g/mol. The number of hydrogen-bond donors (Lipinski definition) is 2. The van der Waals surface area contributed by atoms with E-state index in [0.29, 0.717) is 0 Å². The lowest BCUT2D eigenvalue weighted by Gasteiger charge is -2.27. The summed E-state index contributed by atoms with van der Waals surface area (Å²) in [6.07, 6.45) is -1.03. The van der Waals surface area contributed by atoms with E-state index in [1.54, 1.807) is 6.07 Å². The zero-order chi connectivity index (χ0) is 13.1. The summed E-state index contributed by atoms with van der Waals surface area (Å²) in [7, 11) is 0. The number of rotatable bonds is 3. The van der Waals surface area contributed by atoms with Gasteiger partial charge in [0.1, 0.15) is 12.0 Å². The molecule has 1 aromatic rings. The lowest BCUT2D eigenvalue weighted by molar-refractivity contribution is -0.119. The molecule has 1 rings (SSSR count). The lowest BCUT2D eigenvalue weighted by atomic mass is 10.3. The number of amides is 1. The van der Waals surface area contributed by atoms with E-state index in [9.17, 15) is 9.18 Å². The van der Waals surface area contributed by atoms with Crippen LogP contribution in [0.4, 0.5) is 10.1 Å². The number of carbonyl (C=O) groups excluding carboxylic acids is 1. The predicted octanol–water partition coefficient (Wildman–Crippen LogP) is 3.07. The van der Waals surface area contributed by atoms with E-state index in [1.807, 2.05) is 0 Å². The van der Waals surface area contributed by atoms with Crippen molar-refractivity contribution in [3.63, 3.8) is 0 Å². The van der Waals surface area contributed by atoms with Crippen molar-refractivity contribution in [3.05, 3.63) is 30.1 Å². The fraction of sp³-hybridized carbons (Fsp3) is 0.300. The average Bonchev–Trinajstić information content (AvgIpc) is 2.18. The number of nitrogens with one attached hydrogen (secondary N) is 2. The van der Waals surface area contributed by atoms with Crippen LogP contribution in [0.5, 0.6) is 0 Å². The summed E-state index contributed by atoms with van der Waals surface area (Å²) in [4.78, 5) is 11.0. The molecule has 0 bridgehead atoms. The fourth-order valence-electron chi connectivity index (χ4n) is 1.14. The van der Waals surface area contributed by atoms with Crippen molar-refractivity contribution in [3.8, 4) is 0 Å². The van der Waals surface area contributed by atoms with E-state index in [1.165, 1.54) is 25.1 Å². The Balaban J connectivity index is 2.87. The van der Waals surface area contributed by atoms with Crippen molar-refractivity contribution >= 4 is 46.4 Å². The second kappa shape index (κ2) is 5.76. The third-order valence-corrected chi connectivity index (χ3v) is 2.50. The molecule has 1 amide bonds. The van der Waals surface area contributed by atoms with Crippen molar-refractivity contribution in [1.29, 1.82) is 0 Å². The molecule has 0 saturated carbocycles. The Kier molecular flexibility index (Phi) is 4.86. The molecule has 1 aromatic carbocycles. The molecule has 0 aliphatic carbocycles. The van der Waals surface area contributed by atoms with Crippen LogP contribution in [0, 0.1) is 5.82 Å². The summed E-state index contributed by atoms with van der Waals surface area (Å²) in [5.74, 6) is -0.901. The van der Waals surface area contributed by atoms with Crippen LogP contribution in [0.1, 0.15) is 6.92 Å². The summed E-state index contributed by atoms with van der Waals surface area (Å²) in [6.45, 7) is 1.27. The van der Waals surface area contributed by atoms with Crippen molar-refractivity contribution < 1.29 is 9.18 Å². The summed E-state index contributed by atoms with van der Waals surface area (Å²) in [6, 6.07) is 5.88. The second-order valence-electron chi connectivity index (χ2n) is 3.30. The van der Waals surface area contributed by atoms with Gasteiger partial charge in [-0.05, 0) is 12.1 Å². The molecule has 0 heterocycles. The molecule has 3 nitrogen and oxygen atoms in total. The molecule has 17 heavy (non-hydrogen) atoms. The highest BCUT2D eigenvalue weighted by Gasteiger charge is 2.33. The maximum Gasteiger partial charge on any atom is 0.228 e. The Bertz CT molecular complexity index is 409. The first-order valence-corrected chi connectivity index (χ1v) is 5.79. The number of para-hydroxylation sites is 1. The first-order valence-electron chi connectivity index (χ1n) is 4.65. The molecule has 0 aliphatic rings. The normalized spacial score (nSPS) is 13.0. The maximum atomic E-state index is 13.4. The molecule has 0 radical (unpaired) electrons. The topological polar surface area (TPSA) is 41.1 Å². The Hall–Kier alpha value is -0.710. The average molecular weight is 300 g/mol. The number of alkyl halides is 3. The van der Waals surface area contributed by atoms with Gasteiger partial charge in [-0.25, -0.2) is 4.39 Å². The van der Waals surface area contributed by atoms with E-state index >= 15 is 0 Å². The Morgan fingerprint density at radius 1 is 1.35 bits per heavy atom. The molecular formula is C10H10Cl3FN2O. The van der Waals surface area contributed by atoms with Crippen molar-refractivity contribution in [2.24, 2.45) is 0 Å². The Morgan fingerprint density at radius 3 is 2.41 bits per heavy atom. The molecule has 0 saturated heterocycles. The van der Waals surface area contributed by atoms with Crippen LogP contribution in [0.15, 0.2) is 24.3 Å². The molecule has 1 unspecified atom stereocenters. The highest BCUT2D eigenvalue weighted by atomic mass is 35.6. The van der Waals surface area contributed by atoms with Crippen LogP contribution < -0.4 is 10.6 Å². The van der Waals surface area contributed by atoms with Crippen LogP contribution in [0.3, 0.4) is 0 Å². The maximum absolute atomic E-state index is 13.4. The quantitative estimate of drug-likeness (QED) is 0.665. The van der Waals surface area contributed by atoms with Crippen LogP contribution in [0.2, 0.25) is 0 Å². The molecule has 0 fully saturated rings. The van der Waals surface area contributed by atoms with Gasteiger partial charge in [0.05, 0.1) is 5.69 Å². The van der Waals surface area contributed by atoms with E-state index < -0.39 is 21.7 Å². The Labute approximate surface area is 113 Å². The third kappa shape index (κ3) is 4.58. The van der Waals surface area contributed by atoms with Gasteiger partial charge in [-0.2, -0.15) is 0 Å². The molecule has 0 spiro atoms. The largest absolute Gasteiger partial charge is 0.359 e. The van der Waals surface area contributed by atoms with E-state index in [4.69, 9.17) is 34.8 Å². The van der Waals surface area contributed by atoms with Crippen LogP contribution in [-0.2, 0) is 4.79 Å². The molecule has 1 atom stereocenters. The van der Waals surface area contributed by atoms with Crippen LogP contribution >= 0.6 is 34.8 Å². The van der Waals surface area contributed by atoms with E-state index in [-0.39, 0.29) is 5.69 Å². The second-order valence-corrected chi connectivity index (χ2v) is 5.67. The van der Waals surface area contributed by atoms with E-state index in [2.05, 4.69) is 10.6 Å². The van der Waals surface area contributed by atoms with E-state index in [0.717, 1.165) is 0 Å². The molecule has 2 N–H and O–H groups in total. The van der Waals surface area contributed by atoms with Crippen molar-refractivity contribution in [1.82, 2.24) is 5.32 Å². The minimum atomic E-state index is -1.80. The monoisotopic (exact) mass is 298 g/mol. The standard InChI is InChI=1S/C10H10Cl3FN2O/c1-6(17)15-9(10(11,12)13)16-8-5-3-2-4-7(8)14/h2-5,9,16H,1H3,(H,15,17). The van der Waals surface area contributed by atoms with Gasteiger partial charge in [0.2, 0.25) is 9.70 Å². The smallest absolute Gasteiger partial charge is 0.228 e. The van der Waals surface area contributed by atoms with Gasteiger partial charge in [-0.3, -0.25) is 4.79 Å². The highest BCUT2D eigenvalue weighted by Crippen LogP contribution is 2.31.